The molecule has 0 bridgehead atoms. The molecule has 1 aromatic carbocycles. The van der Waals surface area contributed by atoms with E-state index in [2.05, 4.69) is 24.1 Å². The minimum Gasteiger partial charge on any atom is -0.369 e. The number of halogens is 3. The van der Waals surface area contributed by atoms with Gasteiger partial charge in [0.2, 0.25) is 0 Å². The molecule has 2 heterocycles. The third-order valence-electron chi connectivity index (χ3n) is 4.69. The highest BCUT2D eigenvalue weighted by Gasteiger charge is 2.31. The highest BCUT2D eigenvalue weighted by molar-refractivity contribution is 7.10. The fourth-order valence-electron chi connectivity index (χ4n) is 3.00. The number of alkyl halides is 3. The molecule has 0 amide bonds. The van der Waals surface area contributed by atoms with E-state index < -0.39 is 11.7 Å². The van der Waals surface area contributed by atoms with Crippen LogP contribution in [0.3, 0.4) is 0 Å². The lowest BCUT2D eigenvalue weighted by atomic mass is 10.1. The van der Waals surface area contributed by atoms with Crippen LogP contribution in [0.25, 0.3) is 0 Å². The molecule has 0 saturated carbocycles. The van der Waals surface area contributed by atoms with Gasteiger partial charge in [-0.15, -0.1) is 11.3 Å². The molecule has 1 saturated heterocycles. The van der Waals surface area contributed by atoms with E-state index in [1.807, 2.05) is 4.90 Å². The summed E-state index contributed by atoms with van der Waals surface area (Å²) in [5.41, 5.74) is 2.81. The van der Waals surface area contributed by atoms with E-state index in [1.165, 1.54) is 28.1 Å². The van der Waals surface area contributed by atoms with Crippen molar-refractivity contribution in [1.82, 2.24) is 4.90 Å². The van der Waals surface area contributed by atoms with Crippen LogP contribution in [0.4, 0.5) is 18.9 Å². The van der Waals surface area contributed by atoms with E-state index in [4.69, 9.17) is 0 Å². The molecule has 0 atom stereocenters. The summed E-state index contributed by atoms with van der Waals surface area (Å²) in [4.78, 5) is 5.77. The number of benzene rings is 1. The van der Waals surface area contributed by atoms with Crippen LogP contribution in [0, 0.1) is 13.8 Å². The SMILES string of the molecule is Cc1scc(CN2CCN(c3cccc(C(F)(F)F)c3)CC2)c1C. The summed E-state index contributed by atoms with van der Waals surface area (Å²) < 4.78 is 38.6. The molecule has 1 aliphatic heterocycles. The van der Waals surface area contributed by atoms with E-state index >= 15 is 0 Å². The third-order valence-corrected chi connectivity index (χ3v) is 5.75. The standard InChI is InChI=1S/C18H21F3N2S/c1-13-14(2)24-12-15(13)11-22-6-8-23(9-7-22)17-5-3-4-16(10-17)18(19,20)21/h3-5,10,12H,6-9,11H2,1-2H3. The number of piperazine rings is 1. The fourth-order valence-corrected chi connectivity index (χ4v) is 3.88. The van der Waals surface area contributed by atoms with Gasteiger partial charge in [-0.3, -0.25) is 4.90 Å². The van der Waals surface area contributed by atoms with Gasteiger partial charge in [-0.1, -0.05) is 6.07 Å². The molecule has 1 fully saturated rings. The van der Waals surface area contributed by atoms with Crippen LogP contribution in [0.15, 0.2) is 29.6 Å². The number of rotatable bonds is 3. The maximum atomic E-state index is 12.9. The predicted octanol–water partition coefficient (Wildman–Crippen LogP) is 4.71. The molecule has 130 valence electrons. The summed E-state index contributed by atoms with van der Waals surface area (Å²) in [5, 5.41) is 2.21. The molecule has 0 aliphatic carbocycles. The second-order valence-corrected chi connectivity index (χ2v) is 7.34. The molecule has 3 rings (SSSR count). The van der Waals surface area contributed by atoms with Gasteiger partial charge in [-0.2, -0.15) is 13.2 Å². The van der Waals surface area contributed by atoms with Crippen molar-refractivity contribution >= 4 is 17.0 Å². The zero-order valence-electron chi connectivity index (χ0n) is 13.9. The predicted molar refractivity (Wildman–Crippen MR) is 92.7 cm³/mol. The molecule has 2 nitrogen and oxygen atoms in total. The van der Waals surface area contributed by atoms with Gasteiger partial charge in [-0.25, -0.2) is 0 Å². The fraction of sp³-hybridized carbons (Fsp3) is 0.444. The Morgan fingerprint density at radius 1 is 1.08 bits per heavy atom. The number of hydrogen-bond donors (Lipinski definition) is 0. The monoisotopic (exact) mass is 354 g/mol. The average Bonchev–Trinajstić information content (AvgIpc) is 2.87. The first-order valence-corrected chi connectivity index (χ1v) is 8.90. The van der Waals surface area contributed by atoms with E-state index in [-0.39, 0.29) is 0 Å². The Morgan fingerprint density at radius 3 is 2.38 bits per heavy atom. The Morgan fingerprint density at radius 2 is 1.79 bits per heavy atom. The van der Waals surface area contributed by atoms with Crippen LogP contribution in [0.5, 0.6) is 0 Å². The van der Waals surface area contributed by atoms with E-state index in [0.29, 0.717) is 5.69 Å². The first-order chi connectivity index (χ1) is 11.3. The summed E-state index contributed by atoms with van der Waals surface area (Å²) >= 11 is 1.78. The molecule has 0 spiro atoms. The minimum atomic E-state index is -4.29. The van der Waals surface area contributed by atoms with Crippen LogP contribution >= 0.6 is 11.3 Å². The number of nitrogens with zero attached hydrogens (tertiary/aromatic N) is 2. The zero-order valence-corrected chi connectivity index (χ0v) is 14.7. The van der Waals surface area contributed by atoms with Gasteiger partial charge in [0.1, 0.15) is 0 Å². The largest absolute Gasteiger partial charge is 0.416 e. The lowest BCUT2D eigenvalue weighted by Gasteiger charge is -2.36. The van der Waals surface area contributed by atoms with E-state index in [1.54, 1.807) is 17.4 Å². The van der Waals surface area contributed by atoms with Gasteiger partial charge in [0, 0.05) is 43.3 Å². The van der Waals surface area contributed by atoms with E-state index in [0.717, 1.165) is 38.8 Å². The summed E-state index contributed by atoms with van der Waals surface area (Å²) in [5.74, 6) is 0. The molecule has 0 radical (unpaired) electrons. The Balaban J connectivity index is 1.62. The molecule has 0 unspecified atom stereocenters. The van der Waals surface area contributed by atoms with Crippen molar-refractivity contribution in [2.24, 2.45) is 0 Å². The Bertz CT molecular complexity index is 701. The highest BCUT2D eigenvalue weighted by atomic mass is 32.1. The first kappa shape index (κ1) is 17.3. The summed E-state index contributed by atoms with van der Waals surface area (Å²) in [7, 11) is 0. The Labute approximate surface area is 144 Å². The lowest BCUT2D eigenvalue weighted by Crippen LogP contribution is -2.46. The Kier molecular flexibility index (Phi) is 4.88. The number of anilines is 1. The number of aryl methyl sites for hydroxylation is 1. The average molecular weight is 354 g/mol. The molecule has 6 heteroatoms. The van der Waals surface area contributed by atoms with Crippen molar-refractivity contribution in [2.75, 3.05) is 31.1 Å². The molecule has 24 heavy (non-hydrogen) atoms. The minimum absolute atomic E-state index is 0.577. The van der Waals surface area contributed by atoms with Gasteiger partial charge in [-0.05, 0) is 48.6 Å². The maximum Gasteiger partial charge on any atom is 0.416 e. The normalized spacial score (nSPS) is 16.6. The number of thiophene rings is 1. The quantitative estimate of drug-likeness (QED) is 0.788. The third kappa shape index (κ3) is 3.75. The summed E-state index contributed by atoms with van der Waals surface area (Å²) in [6.45, 7) is 8.45. The van der Waals surface area contributed by atoms with Crippen molar-refractivity contribution in [3.63, 3.8) is 0 Å². The van der Waals surface area contributed by atoms with Gasteiger partial charge in [0.15, 0.2) is 0 Å². The van der Waals surface area contributed by atoms with Crippen LogP contribution < -0.4 is 4.90 Å². The van der Waals surface area contributed by atoms with Crippen LogP contribution in [-0.2, 0) is 12.7 Å². The van der Waals surface area contributed by atoms with Crippen molar-refractivity contribution in [1.29, 1.82) is 0 Å². The summed E-state index contributed by atoms with van der Waals surface area (Å²) in [6, 6.07) is 5.63. The zero-order chi connectivity index (χ0) is 17.3. The van der Waals surface area contributed by atoms with Crippen LogP contribution in [0.1, 0.15) is 21.6 Å². The smallest absolute Gasteiger partial charge is 0.369 e. The second-order valence-electron chi connectivity index (χ2n) is 6.25. The molecule has 2 aromatic rings. The summed E-state index contributed by atoms with van der Waals surface area (Å²) in [6.07, 6.45) is -4.29. The van der Waals surface area contributed by atoms with Gasteiger partial charge >= 0.3 is 6.18 Å². The van der Waals surface area contributed by atoms with Crippen molar-refractivity contribution in [2.45, 2.75) is 26.6 Å². The lowest BCUT2D eigenvalue weighted by molar-refractivity contribution is -0.137. The number of hydrogen-bond acceptors (Lipinski definition) is 3. The van der Waals surface area contributed by atoms with Crippen LogP contribution in [0.2, 0.25) is 0 Å². The van der Waals surface area contributed by atoms with Crippen molar-refractivity contribution < 1.29 is 13.2 Å². The molecule has 1 aromatic heterocycles. The maximum absolute atomic E-state index is 12.9. The molecule has 0 N–H and O–H groups in total. The molecular weight excluding hydrogens is 333 g/mol. The molecule has 1 aliphatic rings. The second kappa shape index (κ2) is 6.76. The van der Waals surface area contributed by atoms with Gasteiger partial charge in [0.25, 0.3) is 0 Å². The van der Waals surface area contributed by atoms with E-state index in [9.17, 15) is 13.2 Å². The molecular formula is C18H21F3N2S. The van der Waals surface area contributed by atoms with Crippen LogP contribution in [-0.4, -0.2) is 31.1 Å². The van der Waals surface area contributed by atoms with Gasteiger partial charge in [0.05, 0.1) is 5.56 Å². The Hall–Kier alpha value is -1.53. The van der Waals surface area contributed by atoms with Gasteiger partial charge < -0.3 is 4.90 Å². The first-order valence-electron chi connectivity index (χ1n) is 8.03. The topological polar surface area (TPSA) is 6.48 Å². The van der Waals surface area contributed by atoms with Crippen molar-refractivity contribution in [3.8, 4) is 0 Å². The van der Waals surface area contributed by atoms with Crippen molar-refractivity contribution in [3.05, 3.63) is 51.2 Å². The highest BCUT2D eigenvalue weighted by Crippen LogP contribution is 2.32.